The van der Waals surface area contributed by atoms with Crippen molar-refractivity contribution in [3.63, 3.8) is 0 Å². The Labute approximate surface area is 247 Å². The Morgan fingerprint density at radius 2 is 1.62 bits per heavy atom. The number of benzene rings is 1. The Kier molecular flexibility index (Phi) is 11.3. The normalized spacial score (nSPS) is 31.5. The second-order valence-electron chi connectivity index (χ2n) is 15.4. The Morgan fingerprint density at radius 1 is 0.950 bits per heavy atom. The van der Waals surface area contributed by atoms with Gasteiger partial charge in [0.1, 0.15) is 5.75 Å². The molecule has 40 heavy (non-hydrogen) atoms. The van der Waals surface area contributed by atoms with Gasteiger partial charge < -0.3 is 10.2 Å². The summed E-state index contributed by atoms with van der Waals surface area (Å²) >= 11 is 0. The van der Waals surface area contributed by atoms with E-state index in [0.29, 0.717) is 29.4 Å². The SMILES string of the molecule is CC(=CC[C@@H]1Cc2cc(O)ccc2C2CC[C@@]3(C)C(CC[C@@H]3O)C21)CCC[C@H](C)CCC[C@H](C)CCCC(C)C. The lowest BCUT2D eigenvalue weighted by Gasteiger charge is -2.53. The van der Waals surface area contributed by atoms with Gasteiger partial charge in [0.15, 0.2) is 0 Å². The molecule has 4 rings (SSSR count). The van der Waals surface area contributed by atoms with Crippen LogP contribution in [-0.4, -0.2) is 16.3 Å². The van der Waals surface area contributed by atoms with Crippen molar-refractivity contribution in [2.24, 2.45) is 40.9 Å². The van der Waals surface area contributed by atoms with Crippen LogP contribution in [-0.2, 0) is 6.42 Å². The van der Waals surface area contributed by atoms with E-state index in [1.54, 1.807) is 5.57 Å². The summed E-state index contributed by atoms with van der Waals surface area (Å²) in [6, 6.07) is 6.15. The average Bonchev–Trinajstić information content (AvgIpc) is 3.20. The molecular weight excluding hydrogens is 488 g/mol. The molecule has 0 heterocycles. The van der Waals surface area contributed by atoms with Crippen LogP contribution in [0.4, 0.5) is 0 Å². The van der Waals surface area contributed by atoms with E-state index in [2.05, 4.69) is 53.7 Å². The molecule has 2 nitrogen and oxygen atoms in total. The zero-order chi connectivity index (χ0) is 28.9. The third kappa shape index (κ3) is 7.76. The zero-order valence-corrected chi connectivity index (χ0v) is 26.9. The molecule has 2 saturated carbocycles. The van der Waals surface area contributed by atoms with Crippen LogP contribution in [0.25, 0.3) is 0 Å². The predicted octanol–water partition coefficient (Wildman–Crippen LogP) is 10.6. The second-order valence-corrected chi connectivity index (χ2v) is 15.4. The number of allylic oxidation sites excluding steroid dienone is 2. The van der Waals surface area contributed by atoms with E-state index in [4.69, 9.17) is 0 Å². The highest BCUT2D eigenvalue weighted by molar-refractivity contribution is 5.41. The van der Waals surface area contributed by atoms with E-state index in [1.165, 1.54) is 81.8 Å². The molecule has 0 bridgehead atoms. The largest absolute Gasteiger partial charge is 0.508 e. The summed E-state index contributed by atoms with van der Waals surface area (Å²) in [7, 11) is 0. The Balaban J connectivity index is 1.27. The van der Waals surface area contributed by atoms with Gasteiger partial charge in [-0.2, -0.15) is 0 Å². The molecule has 0 aromatic heterocycles. The first-order valence-electron chi connectivity index (χ1n) is 17.2. The molecule has 0 amide bonds. The fourth-order valence-corrected chi connectivity index (χ4v) is 9.14. The topological polar surface area (TPSA) is 40.5 Å². The van der Waals surface area contributed by atoms with Gasteiger partial charge in [-0.1, -0.05) is 97.3 Å². The maximum atomic E-state index is 10.9. The van der Waals surface area contributed by atoms with Crippen molar-refractivity contribution in [3.8, 4) is 5.75 Å². The lowest BCUT2D eigenvalue weighted by atomic mass is 9.52. The number of hydrogen-bond donors (Lipinski definition) is 2. The third-order valence-corrected chi connectivity index (χ3v) is 11.7. The highest BCUT2D eigenvalue weighted by Gasteiger charge is 2.56. The molecule has 3 unspecified atom stereocenters. The van der Waals surface area contributed by atoms with Crippen LogP contribution in [0.15, 0.2) is 29.8 Å². The standard InChI is InChI=1S/C38H62O2/c1-26(2)10-7-11-27(3)12-8-13-28(4)14-9-15-29(5)16-17-30-24-31-25-32(39)18-19-33(31)34-22-23-38(6)35(37(30)34)20-21-36(38)40/h16,18-19,25-28,30,34-37,39-40H,7-15,17,20-24H2,1-6H3/t27-,28-,30-,34?,35?,36+,37?,38+/m1/s1. The first-order chi connectivity index (χ1) is 19.1. The number of phenolic OH excluding ortho intramolecular Hbond substituents is 1. The van der Waals surface area contributed by atoms with Crippen molar-refractivity contribution >= 4 is 0 Å². The smallest absolute Gasteiger partial charge is 0.115 e. The monoisotopic (exact) mass is 550 g/mol. The summed E-state index contributed by atoms with van der Waals surface area (Å²) in [6.45, 7) is 14.3. The van der Waals surface area contributed by atoms with Crippen LogP contribution >= 0.6 is 0 Å². The number of aliphatic hydroxyl groups excluding tert-OH is 1. The summed E-state index contributed by atoms with van der Waals surface area (Å²) in [5.74, 6) is 5.48. The molecule has 1 aromatic carbocycles. The van der Waals surface area contributed by atoms with Gasteiger partial charge in [0.2, 0.25) is 0 Å². The molecular formula is C38H62O2. The summed E-state index contributed by atoms with van der Waals surface area (Å²) < 4.78 is 0. The summed E-state index contributed by atoms with van der Waals surface area (Å²) in [4.78, 5) is 0. The van der Waals surface area contributed by atoms with E-state index in [9.17, 15) is 10.2 Å². The predicted molar refractivity (Wildman–Crippen MR) is 171 cm³/mol. The zero-order valence-electron chi connectivity index (χ0n) is 26.9. The third-order valence-electron chi connectivity index (χ3n) is 11.7. The molecule has 226 valence electrons. The highest BCUT2D eigenvalue weighted by Crippen LogP contribution is 2.62. The second kappa shape index (κ2) is 14.3. The molecule has 2 fully saturated rings. The number of hydrogen-bond acceptors (Lipinski definition) is 2. The maximum absolute atomic E-state index is 10.9. The van der Waals surface area contributed by atoms with Crippen molar-refractivity contribution in [3.05, 3.63) is 41.0 Å². The molecule has 0 spiro atoms. The first-order valence-corrected chi connectivity index (χ1v) is 17.2. The summed E-state index contributed by atoms with van der Waals surface area (Å²) in [5.41, 5.74) is 4.52. The minimum atomic E-state index is -0.132. The van der Waals surface area contributed by atoms with E-state index in [-0.39, 0.29) is 11.5 Å². The molecule has 8 atom stereocenters. The number of phenols is 1. The van der Waals surface area contributed by atoms with Crippen molar-refractivity contribution in [2.45, 2.75) is 150 Å². The average molecular weight is 551 g/mol. The van der Waals surface area contributed by atoms with Gasteiger partial charge >= 0.3 is 0 Å². The molecule has 3 aliphatic rings. The van der Waals surface area contributed by atoms with Crippen molar-refractivity contribution < 1.29 is 10.2 Å². The minimum absolute atomic E-state index is 0.0919. The Bertz CT molecular complexity index is 962. The van der Waals surface area contributed by atoms with Crippen LogP contribution in [0.5, 0.6) is 5.75 Å². The summed E-state index contributed by atoms with van der Waals surface area (Å²) in [6.07, 6.45) is 21.4. The lowest BCUT2D eigenvalue weighted by molar-refractivity contribution is -0.0378. The Morgan fingerprint density at radius 3 is 2.33 bits per heavy atom. The van der Waals surface area contributed by atoms with Gasteiger partial charge in [0.05, 0.1) is 6.10 Å². The van der Waals surface area contributed by atoms with Crippen LogP contribution in [0.2, 0.25) is 0 Å². The van der Waals surface area contributed by atoms with E-state index in [1.807, 2.05) is 12.1 Å². The molecule has 2 N–H and O–H groups in total. The quantitative estimate of drug-likeness (QED) is 0.226. The number of aliphatic hydroxyl groups is 1. The number of aromatic hydroxyl groups is 1. The van der Waals surface area contributed by atoms with Gasteiger partial charge in [-0.25, -0.2) is 0 Å². The van der Waals surface area contributed by atoms with Gasteiger partial charge in [-0.15, -0.1) is 0 Å². The lowest BCUT2D eigenvalue weighted by Crippen LogP contribution is -2.47. The summed E-state index contributed by atoms with van der Waals surface area (Å²) in [5, 5.41) is 21.2. The molecule has 0 radical (unpaired) electrons. The molecule has 3 aliphatic carbocycles. The van der Waals surface area contributed by atoms with Crippen LogP contribution in [0.3, 0.4) is 0 Å². The molecule has 2 heteroatoms. The van der Waals surface area contributed by atoms with Gasteiger partial charge in [0.25, 0.3) is 0 Å². The number of rotatable bonds is 14. The van der Waals surface area contributed by atoms with E-state index in [0.717, 1.165) is 43.4 Å². The Hall–Kier alpha value is -1.28. The van der Waals surface area contributed by atoms with E-state index < -0.39 is 0 Å². The van der Waals surface area contributed by atoms with E-state index >= 15 is 0 Å². The van der Waals surface area contributed by atoms with Crippen molar-refractivity contribution in [2.75, 3.05) is 0 Å². The maximum Gasteiger partial charge on any atom is 0.115 e. The van der Waals surface area contributed by atoms with Crippen LogP contribution in [0.1, 0.15) is 148 Å². The van der Waals surface area contributed by atoms with Crippen molar-refractivity contribution in [1.82, 2.24) is 0 Å². The molecule has 0 aliphatic heterocycles. The van der Waals surface area contributed by atoms with Crippen LogP contribution < -0.4 is 0 Å². The fourth-order valence-electron chi connectivity index (χ4n) is 9.14. The molecule has 1 aromatic rings. The van der Waals surface area contributed by atoms with Gasteiger partial charge in [-0.05, 0) is 128 Å². The van der Waals surface area contributed by atoms with Crippen LogP contribution in [0, 0.1) is 40.9 Å². The van der Waals surface area contributed by atoms with Crippen molar-refractivity contribution in [1.29, 1.82) is 0 Å². The van der Waals surface area contributed by atoms with Gasteiger partial charge in [-0.3, -0.25) is 0 Å². The number of fused-ring (bicyclic) bond motifs is 5. The first kappa shape index (κ1) is 31.7. The minimum Gasteiger partial charge on any atom is -0.508 e. The highest BCUT2D eigenvalue weighted by atomic mass is 16.3. The van der Waals surface area contributed by atoms with Gasteiger partial charge in [0, 0.05) is 0 Å². The fraction of sp³-hybridized carbons (Fsp3) is 0.789. The molecule has 0 saturated heterocycles.